The molecule has 1 amide bonds. The van der Waals surface area contributed by atoms with E-state index in [4.69, 9.17) is 4.74 Å². The highest BCUT2D eigenvalue weighted by Crippen LogP contribution is 2.32. The first kappa shape index (κ1) is 21.7. The third-order valence-corrected chi connectivity index (χ3v) is 5.53. The van der Waals surface area contributed by atoms with Gasteiger partial charge in [0, 0.05) is 31.0 Å². The number of carbonyl (C=O) groups excluding carboxylic acids is 1. The topological polar surface area (TPSA) is 60.2 Å². The first-order valence-corrected chi connectivity index (χ1v) is 9.93. The van der Waals surface area contributed by atoms with Gasteiger partial charge in [-0.3, -0.25) is 9.69 Å². The lowest BCUT2D eigenvalue weighted by atomic mass is 10.2. The number of benzene rings is 2. The van der Waals surface area contributed by atoms with Gasteiger partial charge in [0.2, 0.25) is 0 Å². The molecule has 0 atom stereocenters. The molecule has 156 valence electrons. The summed E-state index contributed by atoms with van der Waals surface area (Å²) in [6, 6.07) is 11.3. The van der Waals surface area contributed by atoms with E-state index in [0.29, 0.717) is 30.2 Å². The van der Waals surface area contributed by atoms with Crippen LogP contribution >= 0.6 is 23.7 Å². The van der Waals surface area contributed by atoms with Crippen LogP contribution in [0, 0.1) is 5.82 Å². The monoisotopic (exact) mass is 446 g/mol. The van der Waals surface area contributed by atoms with Gasteiger partial charge >= 0.3 is 0 Å². The average Bonchev–Trinajstić information content (AvgIpc) is 3.39. The first-order chi connectivity index (χ1) is 14.1. The molecule has 0 saturated carbocycles. The van der Waals surface area contributed by atoms with Gasteiger partial charge < -0.3 is 9.30 Å². The zero-order chi connectivity index (χ0) is 20.2. The summed E-state index contributed by atoms with van der Waals surface area (Å²) in [5.41, 5.74) is 1.09. The number of methoxy groups -OCH3 is 1. The molecule has 0 aliphatic rings. The number of fused-ring (bicyclic) bond motifs is 1. The minimum absolute atomic E-state index is 0. The van der Waals surface area contributed by atoms with Crippen LogP contribution in [0.3, 0.4) is 0 Å². The number of amides is 1. The van der Waals surface area contributed by atoms with E-state index in [2.05, 4.69) is 9.97 Å². The summed E-state index contributed by atoms with van der Waals surface area (Å²) in [5.74, 6) is 0.0141. The second kappa shape index (κ2) is 9.69. The van der Waals surface area contributed by atoms with Gasteiger partial charge in [-0.25, -0.2) is 14.4 Å². The molecule has 0 saturated heterocycles. The van der Waals surface area contributed by atoms with E-state index in [-0.39, 0.29) is 18.3 Å². The van der Waals surface area contributed by atoms with Gasteiger partial charge in [-0.1, -0.05) is 17.4 Å². The second-order valence-electron chi connectivity index (χ2n) is 6.45. The van der Waals surface area contributed by atoms with Crippen LogP contribution in [0.4, 0.5) is 9.52 Å². The van der Waals surface area contributed by atoms with E-state index >= 15 is 0 Å². The SMILES string of the molecule is COc1ccc2nc(N(CCCn3ccnc3)C(=O)c3cccc(F)c3)sc2c1.Cl. The summed E-state index contributed by atoms with van der Waals surface area (Å²) in [4.78, 5) is 23.4. The highest BCUT2D eigenvalue weighted by Gasteiger charge is 2.21. The highest BCUT2D eigenvalue weighted by molar-refractivity contribution is 7.22. The van der Waals surface area contributed by atoms with Crippen LogP contribution in [0.15, 0.2) is 61.2 Å². The van der Waals surface area contributed by atoms with Gasteiger partial charge in [0.1, 0.15) is 11.6 Å². The van der Waals surface area contributed by atoms with E-state index in [1.54, 1.807) is 30.6 Å². The summed E-state index contributed by atoms with van der Waals surface area (Å²) >= 11 is 1.41. The number of nitrogens with zero attached hydrogens (tertiary/aromatic N) is 4. The number of thiazole rings is 1. The summed E-state index contributed by atoms with van der Waals surface area (Å²) in [5, 5.41) is 0.577. The lowest BCUT2D eigenvalue weighted by Gasteiger charge is -2.20. The number of aryl methyl sites for hydroxylation is 1. The smallest absolute Gasteiger partial charge is 0.260 e. The third kappa shape index (κ3) is 4.77. The lowest BCUT2D eigenvalue weighted by Crippen LogP contribution is -2.32. The Kier molecular flexibility index (Phi) is 7.02. The molecule has 0 aliphatic heterocycles. The molecule has 30 heavy (non-hydrogen) atoms. The molecule has 0 bridgehead atoms. The fourth-order valence-electron chi connectivity index (χ4n) is 3.03. The summed E-state index contributed by atoms with van der Waals surface area (Å²) < 4.78 is 21.8. The molecule has 4 aromatic rings. The fourth-order valence-corrected chi connectivity index (χ4v) is 4.05. The van der Waals surface area contributed by atoms with Gasteiger partial charge in [0.15, 0.2) is 5.13 Å². The average molecular weight is 447 g/mol. The molecule has 2 aromatic carbocycles. The highest BCUT2D eigenvalue weighted by atomic mass is 35.5. The van der Waals surface area contributed by atoms with Gasteiger partial charge in [-0.2, -0.15) is 0 Å². The Morgan fingerprint density at radius 2 is 2.13 bits per heavy atom. The largest absolute Gasteiger partial charge is 0.497 e. The number of imidazole rings is 1. The number of ether oxygens (including phenoxy) is 1. The van der Waals surface area contributed by atoms with E-state index < -0.39 is 5.82 Å². The van der Waals surface area contributed by atoms with Crippen LogP contribution in [0.25, 0.3) is 10.2 Å². The summed E-state index contributed by atoms with van der Waals surface area (Å²) in [6.07, 6.45) is 6.04. The minimum atomic E-state index is -0.441. The van der Waals surface area contributed by atoms with Crippen molar-refractivity contribution in [2.75, 3.05) is 18.6 Å². The van der Waals surface area contributed by atoms with Crippen molar-refractivity contribution < 1.29 is 13.9 Å². The predicted molar refractivity (Wildman–Crippen MR) is 118 cm³/mol. The number of anilines is 1. The van der Waals surface area contributed by atoms with Crippen molar-refractivity contribution >= 4 is 45.0 Å². The van der Waals surface area contributed by atoms with E-state index in [0.717, 1.165) is 16.0 Å². The molecule has 0 unspecified atom stereocenters. The molecule has 0 N–H and O–H groups in total. The maximum atomic E-state index is 13.7. The Morgan fingerprint density at radius 3 is 2.87 bits per heavy atom. The van der Waals surface area contributed by atoms with Crippen molar-refractivity contribution in [1.29, 1.82) is 0 Å². The molecule has 2 heterocycles. The van der Waals surface area contributed by atoms with Crippen molar-refractivity contribution in [3.05, 3.63) is 72.6 Å². The zero-order valence-electron chi connectivity index (χ0n) is 16.2. The molecule has 0 fully saturated rings. The van der Waals surface area contributed by atoms with Crippen LogP contribution < -0.4 is 9.64 Å². The molecule has 9 heteroatoms. The Morgan fingerprint density at radius 1 is 1.27 bits per heavy atom. The Hall–Kier alpha value is -2.97. The van der Waals surface area contributed by atoms with Crippen molar-refractivity contribution in [3.63, 3.8) is 0 Å². The Bertz CT molecular complexity index is 1130. The minimum Gasteiger partial charge on any atom is -0.497 e. The van der Waals surface area contributed by atoms with Crippen molar-refractivity contribution in [1.82, 2.24) is 14.5 Å². The van der Waals surface area contributed by atoms with E-state index in [1.807, 2.05) is 29.0 Å². The van der Waals surface area contributed by atoms with E-state index in [1.165, 1.54) is 29.5 Å². The molecule has 0 aliphatic carbocycles. The van der Waals surface area contributed by atoms with Gasteiger partial charge in [-0.15, -0.1) is 12.4 Å². The molecule has 0 spiro atoms. The molecule has 6 nitrogen and oxygen atoms in total. The first-order valence-electron chi connectivity index (χ1n) is 9.12. The second-order valence-corrected chi connectivity index (χ2v) is 7.46. The Labute approximate surface area is 183 Å². The quantitative estimate of drug-likeness (QED) is 0.409. The maximum Gasteiger partial charge on any atom is 0.260 e. The number of halogens is 2. The molecule has 0 radical (unpaired) electrons. The maximum absolute atomic E-state index is 13.7. The van der Waals surface area contributed by atoms with Crippen LogP contribution in [0.1, 0.15) is 16.8 Å². The summed E-state index contributed by atoms with van der Waals surface area (Å²) in [6.45, 7) is 1.16. The van der Waals surface area contributed by atoms with Gasteiger partial charge in [0.05, 0.1) is 23.7 Å². The predicted octanol–water partition coefficient (Wildman–Crippen LogP) is 4.80. The van der Waals surface area contributed by atoms with Crippen LogP contribution in [-0.2, 0) is 6.54 Å². The summed E-state index contributed by atoms with van der Waals surface area (Å²) in [7, 11) is 1.61. The number of rotatable bonds is 7. The van der Waals surface area contributed by atoms with Crippen LogP contribution in [0.5, 0.6) is 5.75 Å². The molecular formula is C21H20ClFN4O2S. The van der Waals surface area contributed by atoms with Gasteiger partial charge in [-0.05, 0) is 42.8 Å². The normalized spacial score (nSPS) is 10.6. The number of carbonyl (C=O) groups is 1. The van der Waals surface area contributed by atoms with Crippen LogP contribution in [0.2, 0.25) is 0 Å². The Balaban J connectivity index is 0.00000256. The van der Waals surface area contributed by atoms with Crippen molar-refractivity contribution in [2.24, 2.45) is 0 Å². The van der Waals surface area contributed by atoms with Crippen molar-refractivity contribution in [3.8, 4) is 5.75 Å². The standard InChI is InChI=1S/C21H19FN4O2S.ClH/c1-28-17-6-7-18-19(13-17)29-21(24-18)26(10-3-9-25-11-8-23-14-25)20(27)15-4-2-5-16(22)12-15;/h2,4-8,11-14H,3,9-10H2,1H3;1H. The fraction of sp³-hybridized carbons (Fsp3) is 0.190. The lowest BCUT2D eigenvalue weighted by molar-refractivity contribution is 0.0986. The number of hydrogen-bond acceptors (Lipinski definition) is 5. The van der Waals surface area contributed by atoms with Crippen molar-refractivity contribution in [2.45, 2.75) is 13.0 Å². The molecule has 2 aromatic heterocycles. The number of aromatic nitrogens is 3. The third-order valence-electron chi connectivity index (χ3n) is 4.49. The molecular weight excluding hydrogens is 427 g/mol. The zero-order valence-corrected chi connectivity index (χ0v) is 17.8. The molecule has 4 rings (SSSR count). The van der Waals surface area contributed by atoms with Gasteiger partial charge in [0.25, 0.3) is 5.91 Å². The van der Waals surface area contributed by atoms with Crippen LogP contribution in [-0.4, -0.2) is 34.1 Å². The number of hydrogen-bond donors (Lipinski definition) is 0. The van der Waals surface area contributed by atoms with E-state index in [9.17, 15) is 9.18 Å².